The summed E-state index contributed by atoms with van der Waals surface area (Å²) in [6.07, 6.45) is 39.3. The Bertz CT molecular complexity index is 705. The zero-order valence-electron chi connectivity index (χ0n) is 36.4. The Morgan fingerprint density at radius 1 is 0.346 bits per heavy atom. The van der Waals surface area contributed by atoms with Crippen LogP contribution in [0.1, 0.15) is 247 Å². The van der Waals surface area contributed by atoms with E-state index in [4.69, 9.17) is 12.3 Å². The summed E-state index contributed by atoms with van der Waals surface area (Å²) in [5.41, 5.74) is 0. The molecule has 0 amide bonds. The number of unbranched alkanes of at least 4 members (excludes halogenated alkanes) is 26. The molecule has 5 nitrogen and oxygen atoms in total. The monoisotopic (exact) mass is 955 g/mol. The first-order valence-corrected chi connectivity index (χ1v) is 36.4. The molecule has 0 aliphatic rings. The molecule has 0 aliphatic carbocycles. The van der Waals surface area contributed by atoms with Crippen LogP contribution in [0.25, 0.3) is 0 Å². The Morgan fingerprint density at radius 3 is 1.00 bits per heavy atom. The summed E-state index contributed by atoms with van der Waals surface area (Å²) in [6, 6.07) is 0. The van der Waals surface area contributed by atoms with Crippen molar-refractivity contribution >= 4 is 44.6 Å². The average molecular weight is 953 g/mol. The fraction of sp³-hybridized carbons (Fsp3) is 0.978. The summed E-state index contributed by atoms with van der Waals surface area (Å²) in [6.45, 7) is 15.0. The molecule has 0 fully saturated rings. The fourth-order valence-electron chi connectivity index (χ4n) is 7.44. The molecule has 0 aromatic rings. The molecule has 0 aliphatic heterocycles. The van der Waals surface area contributed by atoms with E-state index in [0.29, 0.717) is 6.61 Å². The molecule has 52 heavy (non-hydrogen) atoms. The van der Waals surface area contributed by atoms with Gasteiger partial charge in [-0.1, -0.05) is 0 Å². The van der Waals surface area contributed by atoms with E-state index >= 15 is 0 Å². The normalized spacial score (nSPS) is 12.1. The zero-order valence-corrected chi connectivity index (χ0v) is 42.1. The summed E-state index contributed by atoms with van der Waals surface area (Å²) < 4.78 is 32.2. The van der Waals surface area contributed by atoms with Gasteiger partial charge in [-0.25, -0.2) is 0 Å². The maximum atomic E-state index is 13.7. The quantitative estimate of drug-likeness (QED) is 0.0347. The second-order valence-electron chi connectivity index (χ2n) is 16.2. The average Bonchev–Trinajstić information content (AvgIpc) is 3.14. The van der Waals surface area contributed by atoms with Gasteiger partial charge in [0.2, 0.25) is 0 Å². The van der Waals surface area contributed by atoms with Crippen molar-refractivity contribution in [3.63, 3.8) is 0 Å². The summed E-state index contributed by atoms with van der Waals surface area (Å²) in [5.74, 6) is 0. The van der Waals surface area contributed by atoms with E-state index in [0.717, 1.165) is 56.5 Å². The number of hydrogen-bond acceptors (Lipinski definition) is 5. The van der Waals surface area contributed by atoms with Crippen molar-refractivity contribution in [2.75, 3.05) is 13.2 Å². The van der Waals surface area contributed by atoms with Crippen LogP contribution < -0.4 is 0 Å². The SMILES string of the molecule is CCCCCCC[CH2][Sn]([CH2]CCCCCCC)([O]CCCCCC)[O][Sn]([CH2]CCCCCCC)([CH2]CCCCCCC)[O]C(=O)OCCCCCC. The van der Waals surface area contributed by atoms with Crippen LogP contribution in [0.2, 0.25) is 17.7 Å². The minimum atomic E-state index is -3.98. The zero-order chi connectivity index (χ0) is 38.3. The van der Waals surface area contributed by atoms with Gasteiger partial charge in [-0.05, 0) is 0 Å². The van der Waals surface area contributed by atoms with Gasteiger partial charge < -0.3 is 0 Å². The van der Waals surface area contributed by atoms with Gasteiger partial charge in [-0.2, -0.15) is 0 Å². The van der Waals surface area contributed by atoms with Gasteiger partial charge in [0.25, 0.3) is 0 Å². The third kappa shape index (κ3) is 31.9. The fourth-order valence-corrected chi connectivity index (χ4v) is 47.9. The standard InChI is InChI=1S/4C8H17.C7H14O3.C6H13O.O.2Sn/c4*1-3-5-7-8-6-4-2;1-2-3-4-5-6-10-7(8)9;1-2-3-4-5-6-7;;;/h4*1,3-8H2,2H3;2-6H2,1H3,(H,8,9);2-6H2,1H3;;;/q;;;;;-1;;2*+1/p-1. The van der Waals surface area contributed by atoms with Crippen LogP contribution in [-0.4, -0.2) is 57.8 Å². The molecule has 312 valence electrons. The third-order valence-electron chi connectivity index (χ3n) is 10.9. The molecule has 0 heterocycles. The molecule has 0 saturated carbocycles. The molecule has 0 aromatic carbocycles. The summed E-state index contributed by atoms with van der Waals surface area (Å²) >= 11 is -7.65. The molecular formula is C45H94O5Sn2. The molecule has 0 saturated heterocycles. The van der Waals surface area contributed by atoms with Crippen molar-refractivity contribution < 1.29 is 17.1 Å². The molecule has 0 spiro atoms. The van der Waals surface area contributed by atoms with Crippen LogP contribution in [0.4, 0.5) is 4.79 Å². The Morgan fingerprint density at radius 2 is 0.635 bits per heavy atom. The van der Waals surface area contributed by atoms with E-state index in [9.17, 15) is 4.79 Å². The van der Waals surface area contributed by atoms with Crippen molar-refractivity contribution in [3.8, 4) is 0 Å². The second kappa shape index (κ2) is 40.0. The van der Waals surface area contributed by atoms with E-state index in [-0.39, 0.29) is 0 Å². The van der Waals surface area contributed by atoms with Crippen LogP contribution in [-0.2, 0) is 12.3 Å². The van der Waals surface area contributed by atoms with Gasteiger partial charge >= 0.3 is 340 Å². The van der Waals surface area contributed by atoms with Gasteiger partial charge in [-0.3, -0.25) is 0 Å². The Kier molecular flexibility index (Phi) is 40.6. The second-order valence-corrected chi connectivity index (χ2v) is 38.2. The molecule has 7 heteroatoms. The number of rotatable bonds is 42. The van der Waals surface area contributed by atoms with E-state index in [2.05, 4.69) is 41.5 Å². The van der Waals surface area contributed by atoms with Crippen LogP contribution in [0.5, 0.6) is 0 Å². The van der Waals surface area contributed by atoms with Crippen LogP contribution in [0, 0.1) is 0 Å². The molecule has 0 N–H and O–H groups in total. The van der Waals surface area contributed by atoms with Crippen LogP contribution in [0.15, 0.2) is 0 Å². The van der Waals surface area contributed by atoms with Gasteiger partial charge in [-0.15, -0.1) is 0 Å². The van der Waals surface area contributed by atoms with Crippen LogP contribution >= 0.6 is 0 Å². The minimum absolute atomic E-state index is 0.425. The van der Waals surface area contributed by atoms with Crippen molar-refractivity contribution in [3.05, 3.63) is 0 Å². The molecule has 0 aromatic heterocycles. The van der Waals surface area contributed by atoms with Crippen molar-refractivity contribution in [1.29, 1.82) is 0 Å². The predicted molar refractivity (Wildman–Crippen MR) is 232 cm³/mol. The van der Waals surface area contributed by atoms with Gasteiger partial charge in [0.1, 0.15) is 0 Å². The number of hydrogen-bond donors (Lipinski definition) is 0. The molecule has 0 unspecified atom stereocenters. The topological polar surface area (TPSA) is 54.0 Å². The van der Waals surface area contributed by atoms with E-state index in [1.165, 1.54) is 173 Å². The van der Waals surface area contributed by atoms with Crippen molar-refractivity contribution in [2.24, 2.45) is 0 Å². The first-order chi connectivity index (χ1) is 25.5. The number of ether oxygens (including phenoxy) is 1. The molecule has 0 atom stereocenters. The van der Waals surface area contributed by atoms with Gasteiger partial charge in [0.15, 0.2) is 0 Å². The molecule has 0 radical (unpaired) electrons. The van der Waals surface area contributed by atoms with Crippen molar-refractivity contribution in [1.82, 2.24) is 0 Å². The molecule has 0 rings (SSSR count). The van der Waals surface area contributed by atoms with Gasteiger partial charge in [0.05, 0.1) is 0 Å². The predicted octanol–water partition coefficient (Wildman–Crippen LogP) is 16.7. The maximum absolute atomic E-state index is 13.7. The number of carbonyl (C=O) groups is 1. The Hall–Kier alpha value is 0.787. The van der Waals surface area contributed by atoms with E-state index < -0.39 is 44.6 Å². The van der Waals surface area contributed by atoms with E-state index in [1.54, 1.807) is 0 Å². The Labute approximate surface area is 337 Å². The van der Waals surface area contributed by atoms with Crippen LogP contribution in [0.3, 0.4) is 0 Å². The van der Waals surface area contributed by atoms with Crippen molar-refractivity contribution in [2.45, 2.75) is 265 Å². The first-order valence-electron chi connectivity index (χ1n) is 23.7. The summed E-state index contributed by atoms with van der Waals surface area (Å²) in [5, 5.41) is 0. The molecule has 0 bridgehead atoms. The summed E-state index contributed by atoms with van der Waals surface area (Å²) in [4.78, 5) is 13.7. The molecular weight excluding hydrogens is 858 g/mol. The van der Waals surface area contributed by atoms with E-state index in [1.807, 2.05) is 0 Å². The Balaban J connectivity index is 6.51. The first kappa shape index (κ1) is 52.8. The third-order valence-corrected chi connectivity index (χ3v) is 43.6. The van der Waals surface area contributed by atoms with Gasteiger partial charge in [0, 0.05) is 0 Å². The number of carbonyl (C=O) groups excluding carboxylic acids is 1. The summed E-state index contributed by atoms with van der Waals surface area (Å²) in [7, 11) is 0.